The number of quaternary nitrogens is 1. The van der Waals surface area contributed by atoms with Gasteiger partial charge in [0.15, 0.2) is 9.84 Å². The van der Waals surface area contributed by atoms with Crippen molar-refractivity contribution in [3.8, 4) is 0 Å². The fourth-order valence-corrected chi connectivity index (χ4v) is 14.4. The predicted octanol–water partition coefficient (Wildman–Crippen LogP) is 2.79. The van der Waals surface area contributed by atoms with Gasteiger partial charge in [-0.2, -0.15) is 0 Å². The van der Waals surface area contributed by atoms with Gasteiger partial charge < -0.3 is 75.3 Å². The number of sulfone groups is 1. The summed E-state index contributed by atoms with van der Waals surface area (Å²) in [6.45, 7) is 29.6. The molecule has 0 aromatic heterocycles. The summed E-state index contributed by atoms with van der Waals surface area (Å²) in [4.78, 5) is 172. The van der Waals surface area contributed by atoms with Gasteiger partial charge in [0.1, 0.15) is 79.5 Å². The smallest absolute Gasteiger partial charge is 0.246 e. The quantitative estimate of drug-likeness (QED) is 0.0627. The average Bonchev–Trinajstić information content (AvgIpc) is 0.806. The topological polar surface area (TPSA) is 345 Å². The molecule has 2 aliphatic rings. The molecule has 11 amide bonds. The highest BCUT2D eigenvalue weighted by Gasteiger charge is 2.47. The minimum Gasteiger partial charge on any atom is -0.633 e. The van der Waals surface area contributed by atoms with Crippen LogP contribution >= 0.6 is 0 Å². The molecule has 0 radical (unpaired) electrons. The van der Waals surface area contributed by atoms with E-state index in [9.17, 15) is 37.9 Å². The van der Waals surface area contributed by atoms with Crippen LogP contribution in [0.25, 0.3) is 0 Å². The summed E-state index contributed by atoms with van der Waals surface area (Å²) in [6.07, 6.45) is 2.07. The van der Waals surface area contributed by atoms with E-state index in [4.69, 9.17) is 4.74 Å². The van der Waals surface area contributed by atoms with Gasteiger partial charge in [-0.3, -0.25) is 52.7 Å². The summed E-state index contributed by atoms with van der Waals surface area (Å²) in [5.41, 5.74) is 0. The highest BCUT2D eigenvalue weighted by atomic mass is 32.2. The van der Waals surface area contributed by atoms with E-state index < -0.39 is 181 Å². The number of nitrogens with zero attached hydrogens (tertiary/aromatic N) is 8. The number of carbonyl (C=O) groups is 11. The Hall–Kier alpha value is -6.30. The molecular weight excluding hydrogens is 1300 g/mol. The summed E-state index contributed by atoms with van der Waals surface area (Å²) in [6, 6.07) is -15.5. The Morgan fingerprint density at radius 3 is 1.39 bits per heavy atom. The lowest BCUT2D eigenvalue weighted by atomic mass is 9.91. The molecule has 0 aromatic carbocycles. The third kappa shape index (κ3) is 25.3. The molecule has 2 rings (SSSR count). The predicted molar refractivity (Wildman–Crippen MR) is 380 cm³/mol. The molecule has 13 atom stereocenters. The number of morpholine rings is 1. The molecule has 5 N–H and O–H groups in total. The highest BCUT2D eigenvalue weighted by molar-refractivity contribution is 7.91. The zero-order chi connectivity index (χ0) is 76.2. The van der Waals surface area contributed by atoms with Crippen molar-refractivity contribution in [2.45, 2.75) is 235 Å². The van der Waals surface area contributed by atoms with Crippen molar-refractivity contribution in [3.05, 3.63) is 17.4 Å². The van der Waals surface area contributed by atoms with Gasteiger partial charge >= 0.3 is 0 Å². The molecule has 2 heterocycles. The molecule has 568 valence electrons. The maximum atomic E-state index is 15.5. The first kappa shape index (κ1) is 88.8. The third-order valence-corrected chi connectivity index (χ3v) is 20.8. The van der Waals surface area contributed by atoms with E-state index in [1.807, 2.05) is 41.5 Å². The first-order chi connectivity index (χ1) is 45.7. The number of aliphatic hydroxyl groups is 1. The summed E-state index contributed by atoms with van der Waals surface area (Å²) in [5.74, 6) is -13.4. The fourth-order valence-electron chi connectivity index (χ4n) is 12.8. The Kier molecular flexibility index (Phi) is 35.7. The van der Waals surface area contributed by atoms with Crippen LogP contribution < -0.4 is 21.3 Å². The number of rotatable bonds is 21. The van der Waals surface area contributed by atoms with Gasteiger partial charge in [-0.25, -0.2) is 8.42 Å². The van der Waals surface area contributed by atoms with Gasteiger partial charge in [0.05, 0.1) is 37.4 Å². The first-order valence-corrected chi connectivity index (χ1v) is 37.3. The van der Waals surface area contributed by atoms with Crippen molar-refractivity contribution in [2.75, 3.05) is 93.7 Å². The lowest BCUT2D eigenvalue weighted by molar-refractivity contribution is -0.888. The van der Waals surface area contributed by atoms with Crippen LogP contribution in [0.15, 0.2) is 12.2 Å². The van der Waals surface area contributed by atoms with Crippen molar-refractivity contribution < 1.29 is 75.6 Å². The summed E-state index contributed by atoms with van der Waals surface area (Å²) < 4.78 is 33.6. The summed E-state index contributed by atoms with van der Waals surface area (Å²) in [7, 11) is 5.01. The van der Waals surface area contributed by atoms with Crippen molar-refractivity contribution in [2.24, 2.45) is 41.4 Å². The van der Waals surface area contributed by atoms with Crippen LogP contribution in [0.2, 0.25) is 0 Å². The van der Waals surface area contributed by atoms with Crippen LogP contribution in [0, 0.1) is 46.6 Å². The SMILES string of the molecule is C/C=C/C[C@@H](C)[C@@H](O)[C@@H]1C(=O)N[C@H](CC)C(=O)N(C)[C@H](CS(=O)(=O)CCC[N+]2([O-])CCOCC2)C(=O)N(C)[C@@H](CC(C)C)C(=O)N[C@H](C(C)C)C(=O)N(C)[C@H](CC(C)C)C(=O)N[C@H](C)C(=O)N[C@@H](C)C(=O)N(C)[C@H](CC(C)C)C(=O)N(C)[C@H](CC(C)C)C(=O)N(C)[C@H](C(C)C)C(=O)N1C. The molecule has 2 fully saturated rings. The largest absolute Gasteiger partial charge is 0.633 e. The normalized spacial score (nSPS) is 27.2. The third-order valence-electron chi connectivity index (χ3n) is 19.1. The summed E-state index contributed by atoms with van der Waals surface area (Å²) in [5, 5.41) is 36.7. The van der Waals surface area contributed by atoms with E-state index in [2.05, 4.69) is 21.3 Å². The van der Waals surface area contributed by atoms with Gasteiger partial charge in [0.2, 0.25) is 65.0 Å². The second kappa shape index (κ2) is 39.8. The number of hydroxylamine groups is 3. The molecule has 99 heavy (non-hydrogen) atoms. The molecule has 2 saturated heterocycles. The van der Waals surface area contributed by atoms with E-state index >= 15 is 33.6 Å². The second-order valence-electron chi connectivity index (χ2n) is 30.1. The van der Waals surface area contributed by atoms with Crippen LogP contribution in [0.3, 0.4) is 0 Å². The number of aliphatic hydroxyl groups excluding tert-OH is 1. The molecule has 0 bridgehead atoms. The average molecular weight is 1420 g/mol. The fraction of sp³-hybridized carbons (Fsp3) is 0.814. The molecule has 0 spiro atoms. The van der Waals surface area contributed by atoms with Crippen LogP contribution in [-0.4, -0.2) is 284 Å². The van der Waals surface area contributed by atoms with Gasteiger partial charge in [0.25, 0.3) is 0 Å². The van der Waals surface area contributed by atoms with Crippen molar-refractivity contribution in [3.63, 3.8) is 0 Å². The van der Waals surface area contributed by atoms with Crippen molar-refractivity contribution in [1.82, 2.24) is 55.6 Å². The van der Waals surface area contributed by atoms with Crippen molar-refractivity contribution >= 4 is 74.8 Å². The lowest BCUT2D eigenvalue weighted by Gasteiger charge is -2.45. The zero-order valence-corrected chi connectivity index (χ0v) is 64.9. The van der Waals surface area contributed by atoms with Crippen LogP contribution in [0.5, 0.6) is 0 Å². The van der Waals surface area contributed by atoms with Gasteiger partial charge in [-0.05, 0) is 101 Å². The molecule has 0 unspecified atom stereocenters. The molecule has 0 saturated carbocycles. The van der Waals surface area contributed by atoms with E-state index in [1.165, 1.54) is 82.8 Å². The number of hydrogen-bond donors (Lipinski definition) is 5. The Balaban J connectivity index is 3.16. The molecule has 29 heteroatoms. The Morgan fingerprint density at radius 1 is 0.515 bits per heavy atom. The van der Waals surface area contributed by atoms with Crippen LogP contribution in [0.4, 0.5) is 0 Å². The monoisotopic (exact) mass is 1420 g/mol. The lowest BCUT2D eigenvalue weighted by Crippen LogP contribution is -2.64. The molecule has 0 aliphatic carbocycles. The van der Waals surface area contributed by atoms with Crippen molar-refractivity contribution in [1.29, 1.82) is 0 Å². The van der Waals surface area contributed by atoms with Gasteiger partial charge in [-0.1, -0.05) is 109 Å². The number of ether oxygens (including phenoxy) is 1. The number of nitrogens with one attached hydrogen (secondary N) is 4. The maximum absolute atomic E-state index is 15.5. The second-order valence-corrected chi connectivity index (χ2v) is 32.3. The standard InChI is InChI=1S/C70H126N12O16S/c1-25-27-29-47(15)59(83)58-63(87)73-50(26-2)65(89)79(22)55(40-99(96,97)35-28-30-82(95)31-33-98-34-32-82)68(92)75(18)52(37-42(5)6)62(86)74-56(45(11)12)69(93)76(19)51(36-41(3)4)61(85)71-48(16)60(84)72-49(17)64(88)77(20)53(38-43(7)8)66(90)78(21)54(39-44(9)10)67(91)80(23)57(46(13)14)70(94)81(58)24/h25,27,41-59,83H,26,28-40H2,1-24H3,(H,71,85)(H,72,84)(H,73,87)(H,74,86)/b27-25+/t47-,48-,49+,50-,51-,52+,53-,54-,55-,56-,57-,58-,59-/m1/s1. The van der Waals surface area contributed by atoms with E-state index in [1.54, 1.807) is 74.5 Å². The summed E-state index contributed by atoms with van der Waals surface area (Å²) >= 11 is 0. The zero-order valence-electron chi connectivity index (χ0n) is 64.1. The number of amides is 11. The number of allylic oxidation sites excluding steroid dienone is 2. The maximum Gasteiger partial charge on any atom is 0.246 e. The Bertz CT molecular complexity index is 2880. The van der Waals surface area contributed by atoms with E-state index in [0.717, 1.165) is 14.7 Å². The highest BCUT2D eigenvalue weighted by Crippen LogP contribution is 2.27. The number of hydrogen-bond acceptors (Lipinski definition) is 16. The van der Waals surface area contributed by atoms with Gasteiger partial charge in [0, 0.05) is 55.8 Å². The molecule has 28 nitrogen and oxygen atoms in total. The van der Waals surface area contributed by atoms with E-state index in [-0.39, 0.29) is 101 Å². The van der Waals surface area contributed by atoms with Gasteiger partial charge in [-0.15, -0.1) is 0 Å². The number of likely N-dealkylation sites (N-methyl/N-ethyl adjacent to an activating group) is 7. The Labute approximate surface area is 591 Å². The first-order valence-electron chi connectivity index (χ1n) is 35.5. The van der Waals surface area contributed by atoms with Crippen LogP contribution in [-0.2, 0) is 67.3 Å². The molecular formula is C70H126N12O16S. The van der Waals surface area contributed by atoms with E-state index in [0.29, 0.717) is 0 Å². The Morgan fingerprint density at radius 2 is 0.929 bits per heavy atom. The number of carbonyl (C=O) groups excluding carboxylic acids is 11. The van der Waals surface area contributed by atoms with Crippen LogP contribution in [0.1, 0.15) is 163 Å². The minimum atomic E-state index is -4.37. The molecule has 2 aliphatic heterocycles. The minimum absolute atomic E-state index is 0.0456. The molecule has 0 aromatic rings.